The van der Waals surface area contributed by atoms with E-state index in [1.165, 1.54) is 26.9 Å². The summed E-state index contributed by atoms with van der Waals surface area (Å²) in [4.78, 5) is 15.9. The summed E-state index contributed by atoms with van der Waals surface area (Å²) in [5, 5.41) is 9.16. The van der Waals surface area contributed by atoms with E-state index in [9.17, 15) is 0 Å². The molecule has 240 valence electrons. The van der Waals surface area contributed by atoms with Gasteiger partial charge in [-0.2, -0.15) is 0 Å². The van der Waals surface area contributed by atoms with Gasteiger partial charge in [0, 0.05) is 43.8 Å². The zero-order valence-corrected chi connectivity index (χ0v) is 28.9. The molecule has 0 N–H and O–H groups in total. The molecule has 0 atom stereocenters. The van der Waals surface area contributed by atoms with Crippen molar-refractivity contribution >= 4 is 73.1 Å². The normalized spacial score (nSPS) is 13.5. The van der Waals surface area contributed by atoms with Crippen molar-refractivity contribution in [2.75, 3.05) is 0 Å². The third kappa shape index (κ3) is 4.05. The van der Waals surface area contributed by atoms with Gasteiger partial charge in [0.05, 0.1) is 0 Å². The van der Waals surface area contributed by atoms with E-state index in [2.05, 4.69) is 116 Å². The molecule has 10 aromatic rings. The van der Waals surface area contributed by atoms with E-state index in [4.69, 9.17) is 23.8 Å². The Kier molecular flexibility index (Phi) is 5.76. The smallest absolute Gasteiger partial charge is 0.164 e. The van der Waals surface area contributed by atoms with Gasteiger partial charge in [-0.25, -0.2) is 15.0 Å². The Balaban J connectivity index is 1.26. The van der Waals surface area contributed by atoms with Gasteiger partial charge in [-0.3, -0.25) is 0 Å². The number of hydrogen-bond acceptors (Lipinski definition) is 5. The van der Waals surface area contributed by atoms with Gasteiger partial charge in [-0.05, 0) is 57.0 Å². The van der Waals surface area contributed by atoms with Crippen molar-refractivity contribution in [1.82, 2.24) is 15.0 Å². The molecule has 7 aromatic carbocycles. The molecule has 3 aromatic heterocycles. The number of aromatic nitrogens is 3. The fraction of sp³-hybridized carbons (Fsp3) is 0.0444. The molecule has 0 amide bonds. The number of para-hydroxylation sites is 2. The number of benzene rings is 7. The second kappa shape index (κ2) is 10.3. The maximum absolute atomic E-state index is 6.82. The van der Waals surface area contributed by atoms with Gasteiger partial charge in [0.15, 0.2) is 17.5 Å². The van der Waals surface area contributed by atoms with E-state index < -0.39 is 8.07 Å². The predicted molar refractivity (Wildman–Crippen MR) is 210 cm³/mol. The molecule has 1 aliphatic rings. The number of hydrogen-bond donors (Lipinski definition) is 0. The maximum atomic E-state index is 6.82. The highest BCUT2D eigenvalue weighted by Gasteiger charge is 2.40. The molecule has 1 aliphatic heterocycles. The second-order valence-corrected chi connectivity index (χ2v) is 18.3. The van der Waals surface area contributed by atoms with Crippen molar-refractivity contribution in [2.24, 2.45) is 0 Å². The fourth-order valence-corrected chi connectivity index (χ4v) is 11.3. The molecule has 11 rings (SSSR count). The number of fused-ring (bicyclic) bond motifs is 11. The van der Waals surface area contributed by atoms with E-state index >= 15 is 0 Å². The summed E-state index contributed by atoms with van der Waals surface area (Å²) in [6.07, 6.45) is 0. The molecule has 0 unspecified atom stereocenters. The van der Waals surface area contributed by atoms with Crippen molar-refractivity contribution in [3.8, 4) is 45.3 Å². The first-order valence-corrected chi connectivity index (χ1v) is 20.3. The summed E-state index contributed by atoms with van der Waals surface area (Å²) < 4.78 is 13.1. The second-order valence-electron chi connectivity index (χ2n) is 14.0. The maximum Gasteiger partial charge on any atom is 0.164 e. The number of nitrogens with zero attached hydrogens (tertiary/aromatic N) is 3. The molecule has 0 saturated heterocycles. The van der Waals surface area contributed by atoms with Crippen molar-refractivity contribution in [3.05, 3.63) is 140 Å². The van der Waals surface area contributed by atoms with Crippen LogP contribution in [0.5, 0.6) is 0 Å². The summed E-state index contributed by atoms with van der Waals surface area (Å²) >= 11 is 0. The highest BCUT2D eigenvalue weighted by molar-refractivity contribution is 7.04. The van der Waals surface area contributed by atoms with Crippen LogP contribution in [0, 0.1) is 0 Å². The molecule has 6 heteroatoms. The van der Waals surface area contributed by atoms with Crippen LogP contribution in [0.1, 0.15) is 0 Å². The van der Waals surface area contributed by atoms with Gasteiger partial charge in [0.2, 0.25) is 0 Å². The van der Waals surface area contributed by atoms with Crippen LogP contribution < -0.4 is 10.4 Å². The summed E-state index contributed by atoms with van der Waals surface area (Å²) in [6.45, 7) is 4.86. The van der Waals surface area contributed by atoms with Crippen LogP contribution >= 0.6 is 0 Å². The SMILES string of the molecule is C[Si]1(C)c2ccccc2-c2c1cc(-c1nc(-c3ccc4ccccc4c3)nc(-c3cccc4oc5ccccc5c34)n1)c1c2oc2ccccc21. The molecule has 0 aliphatic carbocycles. The van der Waals surface area contributed by atoms with Crippen molar-refractivity contribution < 1.29 is 8.83 Å². The van der Waals surface area contributed by atoms with Crippen LogP contribution in [0.4, 0.5) is 0 Å². The molecule has 4 heterocycles. The first-order valence-electron chi connectivity index (χ1n) is 17.3. The van der Waals surface area contributed by atoms with Crippen LogP contribution in [0.15, 0.2) is 148 Å². The van der Waals surface area contributed by atoms with Gasteiger partial charge in [-0.1, -0.05) is 122 Å². The van der Waals surface area contributed by atoms with E-state index in [1.54, 1.807) is 0 Å². The summed E-state index contributed by atoms with van der Waals surface area (Å²) in [5.41, 5.74) is 8.64. The van der Waals surface area contributed by atoms with E-state index in [0.717, 1.165) is 66.0 Å². The molecular formula is C45H29N3O2Si. The highest BCUT2D eigenvalue weighted by atomic mass is 28.3. The minimum Gasteiger partial charge on any atom is -0.456 e. The zero-order valence-electron chi connectivity index (χ0n) is 27.9. The highest BCUT2D eigenvalue weighted by Crippen LogP contribution is 2.44. The topological polar surface area (TPSA) is 65.0 Å². The van der Waals surface area contributed by atoms with Crippen LogP contribution in [0.3, 0.4) is 0 Å². The predicted octanol–water partition coefficient (Wildman–Crippen LogP) is 10.6. The monoisotopic (exact) mass is 671 g/mol. The zero-order chi connectivity index (χ0) is 33.8. The van der Waals surface area contributed by atoms with Crippen molar-refractivity contribution in [1.29, 1.82) is 0 Å². The lowest BCUT2D eigenvalue weighted by atomic mass is 9.98. The molecule has 0 fully saturated rings. The molecule has 5 nitrogen and oxygen atoms in total. The van der Waals surface area contributed by atoms with Gasteiger partial charge in [0.25, 0.3) is 0 Å². The van der Waals surface area contributed by atoms with E-state index in [1.807, 2.05) is 36.4 Å². The lowest BCUT2D eigenvalue weighted by Gasteiger charge is -2.19. The number of rotatable bonds is 3. The fourth-order valence-electron chi connectivity index (χ4n) is 8.26. The van der Waals surface area contributed by atoms with Gasteiger partial charge in [0.1, 0.15) is 30.4 Å². The Bertz CT molecular complexity index is 3080. The van der Waals surface area contributed by atoms with Crippen LogP contribution in [-0.2, 0) is 0 Å². The Morgan fingerprint density at radius 2 is 1.08 bits per heavy atom. The molecular weight excluding hydrogens is 643 g/mol. The molecule has 0 bridgehead atoms. The van der Waals surface area contributed by atoms with Gasteiger partial charge < -0.3 is 8.83 Å². The van der Waals surface area contributed by atoms with E-state index in [0.29, 0.717) is 17.5 Å². The van der Waals surface area contributed by atoms with E-state index in [-0.39, 0.29) is 0 Å². The number of furan rings is 2. The molecule has 0 saturated carbocycles. The van der Waals surface area contributed by atoms with Crippen molar-refractivity contribution in [3.63, 3.8) is 0 Å². The summed E-state index contributed by atoms with van der Waals surface area (Å²) in [7, 11) is -2.10. The van der Waals surface area contributed by atoms with Gasteiger partial charge in [-0.15, -0.1) is 0 Å². The van der Waals surface area contributed by atoms with Crippen LogP contribution in [0.25, 0.3) is 99.9 Å². The lowest BCUT2D eigenvalue weighted by molar-refractivity contribution is 0.669. The minimum atomic E-state index is -2.10. The third-order valence-corrected chi connectivity index (χ3v) is 14.2. The summed E-state index contributed by atoms with van der Waals surface area (Å²) in [5.74, 6) is 1.83. The van der Waals surface area contributed by atoms with Crippen LogP contribution in [0.2, 0.25) is 13.1 Å². The Labute approximate surface area is 293 Å². The minimum absolute atomic E-state index is 0.599. The Hall–Kier alpha value is -6.37. The van der Waals surface area contributed by atoms with Crippen molar-refractivity contribution in [2.45, 2.75) is 13.1 Å². The average Bonchev–Trinajstić information content (AvgIpc) is 3.82. The standard InChI is InChI=1S/C45H29N3O2Si/c1-51(2)37-21-10-7-16-31(37)41-38(51)25-33(40-30-15-6-9-19-35(30)50-42(40)41)45-47-43(28-23-22-26-12-3-4-13-27(26)24-28)46-44(48-45)32-17-11-20-36-39(32)29-14-5-8-18-34(29)49-36/h3-25H,1-2H3. The molecule has 0 radical (unpaired) electrons. The van der Waals surface area contributed by atoms with Gasteiger partial charge >= 0.3 is 0 Å². The molecule has 51 heavy (non-hydrogen) atoms. The quantitative estimate of drug-likeness (QED) is 0.175. The summed E-state index contributed by atoms with van der Waals surface area (Å²) in [6, 6.07) is 48.6. The average molecular weight is 672 g/mol. The first-order chi connectivity index (χ1) is 25.0. The first kappa shape index (κ1) is 28.5. The molecule has 0 spiro atoms. The lowest BCUT2D eigenvalue weighted by Crippen LogP contribution is -2.49. The Morgan fingerprint density at radius 1 is 0.451 bits per heavy atom. The van der Waals surface area contributed by atoms with Crippen LogP contribution in [-0.4, -0.2) is 23.0 Å². The largest absolute Gasteiger partial charge is 0.456 e. The Morgan fingerprint density at radius 3 is 1.92 bits per heavy atom. The third-order valence-electron chi connectivity index (χ3n) is 10.7.